The summed E-state index contributed by atoms with van der Waals surface area (Å²) in [7, 11) is 0. The highest BCUT2D eigenvalue weighted by Crippen LogP contribution is 2.53. The smallest absolute Gasteiger partial charge is 0.0953 e. The number of benzene rings is 2. The van der Waals surface area contributed by atoms with Crippen LogP contribution in [0, 0.1) is 5.92 Å². The van der Waals surface area contributed by atoms with Crippen LogP contribution in [0.3, 0.4) is 0 Å². The summed E-state index contributed by atoms with van der Waals surface area (Å²) in [5, 5.41) is 22.1. The second-order valence-electron chi connectivity index (χ2n) is 5.80. The molecule has 2 aromatic carbocycles. The van der Waals surface area contributed by atoms with Crippen molar-refractivity contribution >= 4 is 0 Å². The first-order valence-corrected chi connectivity index (χ1v) is 7.13. The minimum atomic E-state index is -0.966. The van der Waals surface area contributed by atoms with Crippen LogP contribution in [-0.2, 0) is 11.2 Å². The van der Waals surface area contributed by atoms with Gasteiger partial charge in [-0.15, -0.1) is 0 Å². The molecular formula is C18H20O2. The van der Waals surface area contributed by atoms with Gasteiger partial charge in [0.1, 0.15) is 0 Å². The Bertz CT molecular complexity index is 527. The summed E-state index contributed by atoms with van der Waals surface area (Å²) in [6.45, 7) is 1.94. The van der Waals surface area contributed by atoms with Crippen LogP contribution in [0.5, 0.6) is 0 Å². The van der Waals surface area contributed by atoms with E-state index < -0.39 is 11.2 Å². The molecule has 0 aromatic heterocycles. The van der Waals surface area contributed by atoms with Crippen molar-refractivity contribution in [3.63, 3.8) is 0 Å². The third-order valence-corrected chi connectivity index (χ3v) is 4.87. The summed E-state index contributed by atoms with van der Waals surface area (Å²) in [6, 6.07) is 19.4. The first-order valence-electron chi connectivity index (χ1n) is 7.13. The first-order chi connectivity index (χ1) is 9.57. The minimum Gasteiger partial charge on any atom is -0.385 e. The molecule has 0 radical (unpaired) electrons. The fourth-order valence-corrected chi connectivity index (χ4v) is 3.45. The summed E-state index contributed by atoms with van der Waals surface area (Å²) in [6.07, 6.45) is 1.15. The van der Waals surface area contributed by atoms with Gasteiger partial charge in [-0.25, -0.2) is 0 Å². The van der Waals surface area contributed by atoms with Gasteiger partial charge in [-0.1, -0.05) is 67.6 Å². The van der Waals surface area contributed by atoms with Crippen molar-refractivity contribution < 1.29 is 10.2 Å². The van der Waals surface area contributed by atoms with Crippen LogP contribution in [0.4, 0.5) is 0 Å². The lowest BCUT2D eigenvalue weighted by Crippen LogP contribution is -2.38. The van der Waals surface area contributed by atoms with E-state index in [-0.39, 0.29) is 5.92 Å². The summed E-state index contributed by atoms with van der Waals surface area (Å²) >= 11 is 0. The van der Waals surface area contributed by atoms with Crippen LogP contribution in [0.1, 0.15) is 30.9 Å². The van der Waals surface area contributed by atoms with Gasteiger partial charge in [-0.3, -0.25) is 0 Å². The second kappa shape index (κ2) is 4.72. The van der Waals surface area contributed by atoms with Crippen molar-refractivity contribution in [2.75, 3.05) is 0 Å². The molecule has 1 aliphatic carbocycles. The van der Waals surface area contributed by atoms with Gasteiger partial charge in [0.15, 0.2) is 0 Å². The molecule has 3 rings (SSSR count). The quantitative estimate of drug-likeness (QED) is 0.878. The molecule has 20 heavy (non-hydrogen) atoms. The van der Waals surface area contributed by atoms with E-state index in [1.807, 2.05) is 67.6 Å². The molecule has 2 heteroatoms. The number of hydrogen-bond donors (Lipinski definition) is 2. The van der Waals surface area contributed by atoms with E-state index in [0.29, 0.717) is 12.8 Å². The molecule has 2 N–H and O–H groups in total. The van der Waals surface area contributed by atoms with Crippen LogP contribution >= 0.6 is 0 Å². The van der Waals surface area contributed by atoms with Crippen molar-refractivity contribution in [1.29, 1.82) is 0 Å². The zero-order valence-electron chi connectivity index (χ0n) is 11.7. The van der Waals surface area contributed by atoms with Crippen LogP contribution in [-0.4, -0.2) is 10.2 Å². The maximum Gasteiger partial charge on any atom is 0.0953 e. The molecular weight excluding hydrogens is 248 g/mol. The Morgan fingerprint density at radius 2 is 1.10 bits per heavy atom. The highest BCUT2D eigenvalue weighted by atomic mass is 16.3. The molecule has 1 saturated carbocycles. The number of rotatable bonds is 2. The topological polar surface area (TPSA) is 40.5 Å². The molecule has 0 spiro atoms. The molecule has 0 heterocycles. The lowest BCUT2D eigenvalue weighted by molar-refractivity contribution is -0.0736. The predicted octanol–water partition coefficient (Wildman–Crippen LogP) is 3.19. The molecule has 3 atom stereocenters. The lowest BCUT2D eigenvalue weighted by atomic mass is 9.77. The maximum atomic E-state index is 11.1. The SMILES string of the molecule is CC1[C@](O)(c2ccccc2)CC[C@]1(O)c1ccccc1. The van der Waals surface area contributed by atoms with Crippen molar-refractivity contribution in [3.8, 4) is 0 Å². The van der Waals surface area contributed by atoms with E-state index in [9.17, 15) is 10.2 Å². The zero-order valence-corrected chi connectivity index (χ0v) is 11.7. The fourth-order valence-electron chi connectivity index (χ4n) is 3.45. The van der Waals surface area contributed by atoms with Crippen LogP contribution in [0.2, 0.25) is 0 Å². The third kappa shape index (κ3) is 1.88. The normalized spacial score (nSPS) is 33.2. The van der Waals surface area contributed by atoms with Crippen LogP contribution < -0.4 is 0 Å². The van der Waals surface area contributed by atoms with Gasteiger partial charge in [0.25, 0.3) is 0 Å². The summed E-state index contributed by atoms with van der Waals surface area (Å²) < 4.78 is 0. The van der Waals surface area contributed by atoms with E-state index >= 15 is 0 Å². The Hall–Kier alpha value is -1.64. The number of hydrogen-bond acceptors (Lipinski definition) is 2. The molecule has 2 nitrogen and oxygen atoms in total. The first kappa shape index (κ1) is 13.3. The van der Waals surface area contributed by atoms with Gasteiger partial charge < -0.3 is 10.2 Å². The molecule has 1 fully saturated rings. The van der Waals surface area contributed by atoms with Gasteiger partial charge in [-0.05, 0) is 24.0 Å². The Kier molecular flexibility index (Phi) is 3.15. The van der Waals surface area contributed by atoms with Gasteiger partial charge >= 0.3 is 0 Å². The lowest BCUT2D eigenvalue weighted by Gasteiger charge is -2.35. The second-order valence-corrected chi connectivity index (χ2v) is 5.80. The van der Waals surface area contributed by atoms with Gasteiger partial charge in [-0.2, -0.15) is 0 Å². The highest BCUT2D eigenvalue weighted by molar-refractivity contribution is 5.32. The van der Waals surface area contributed by atoms with Crippen LogP contribution in [0.25, 0.3) is 0 Å². The van der Waals surface area contributed by atoms with Crippen molar-refractivity contribution in [1.82, 2.24) is 0 Å². The minimum absolute atomic E-state index is 0.250. The van der Waals surface area contributed by atoms with Crippen molar-refractivity contribution in [2.45, 2.75) is 31.0 Å². The van der Waals surface area contributed by atoms with E-state index in [1.54, 1.807) is 0 Å². The average Bonchev–Trinajstić information content (AvgIpc) is 2.76. The van der Waals surface area contributed by atoms with Crippen molar-refractivity contribution in [3.05, 3.63) is 71.8 Å². The van der Waals surface area contributed by atoms with E-state index in [1.165, 1.54) is 0 Å². The monoisotopic (exact) mass is 268 g/mol. The predicted molar refractivity (Wildman–Crippen MR) is 79.1 cm³/mol. The highest BCUT2D eigenvalue weighted by Gasteiger charge is 2.54. The average molecular weight is 268 g/mol. The summed E-state index contributed by atoms with van der Waals surface area (Å²) in [5.41, 5.74) is -0.156. The molecule has 0 aliphatic heterocycles. The van der Waals surface area contributed by atoms with Crippen molar-refractivity contribution in [2.24, 2.45) is 5.92 Å². The zero-order chi connectivity index (χ0) is 14.2. The molecule has 0 bridgehead atoms. The molecule has 0 saturated heterocycles. The van der Waals surface area contributed by atoms with Gasteiger partial charge in [0.2, 0.25) is 0 Å². The Labute approximate surface area is 119 Å². The summed E-state index contributed by atoms with van der Waals surface area (Å²) in [4.78, 5) is 0. The molecule has 104 valence electrons. The fraction of sp³-hybridized carbons (Fsp3) is 0.333. The Morgan fingerprint density at radius 3 is 1.45 bits per heavy atom. The maximum absolute atomic E-state index is 11.1. The Balaban J connectivity index is 2.01. The van der Waals surface area contributed by atoms with E-state index in [2.05, 4.69) is 0 Å². The largest absolute Gasteiger partial charge is 0.385 e. The standard InChI is InChI=1S/C18H20O2/c1-14-17(19,15-8-4-2-5-9-15)12-13-18(14,20)16-10-6-3-7-11-16/h2-11,14,19-20H,12-13H2,1H3/t14?,17-,18+. The Morgan fingerprint density at radius 1 is 0.750 bits per heavy atom. The number of aliphatic hydroxyl groups is 2. The van der Waals surface area contributed by atoms with Gasteiger partial charge in [0.05, 0.1) is 11.2 Å². The van der Waals surface area contributed by atoms with E-state index in [0.717, 1.165) is 11.1 Å². The van der Waals surface area contributed by atoms with E-state index in [4.69, 9.17) is 0 Å². The van der Waals surface area contributed by atoms with Crippen LogP contribution in [0.15, 0.2) is 60.7 Å². The molecule has 2 aromatic rings. The van der Waals surface area contributed by atoms with Gasteiger partial charge in [0, 0.05) is 5.92 Å². The molecule has 0 amide bonds. The summed E-state index contributed by atoms with van der Waals surface area (Å²) in [5.74, 6) is -0.250. The third-order valence-electron chi connectivity index (χ3n) is 4.87. The molecule has 1 aliphatic rings. The molecule has 1 unspecified atom stereocenters.